The molecule has 1 aromatic carbocycles. The normalized spacial score (nSPS) is 30.8. The average molecular weight is 234 g/mol. The molecule has 3 rings (SSSR count). The van der Waals surface area contributed by atoms with Crippen LogP contribution in [0.2, 0.25) is 0 Å². The van der Waals surface area contributed by atoms with Gasteiger partial charge in [-0.1, -0.05) is 18.6 Å². The quantitative estimate of drug-likeness (QED) is 0.769. The second-order valence-electron chi connectivity index (χ2n) is 5.63. The molecule has 0 amide bonds. The maximum Gasteiger partial charge on any atom is 0.167 e. The summed E-state index contributed by atoms with van der Waals surface area (Å²) in [5.41, 5.74) is 0.662. The first-order valence-electron chi connectivity index (χ1n) is 6.62. The molecule has 2 saturated carbocycles. The largest absolute Gasteiger partial charge is 0.490 e. The van der Waals surface area contributed by atoms with E-state index in [1.807, 2.05) is 6.07 Å². The molecule has 1 nitrogen and oxygen atoms in total. The maximum absolute atomic E-state index is 13.7. The lowest BCUT2D eigenvalue weighted by molar-refractivity contribution is 0.189. The Kier molecular flexibility index (Phi) is 2.81. The van der Waals surface area contributed by atoms with Crippen molar-refractivity contribution >= 4 is 0 Å². The zero-order valence-electron chi connectivity index (χ0n) is 10.3. The predicted octanol–water partition coefficient (Wildman–Crippen LogP) is 3.95. The van der Waals surface area contributed by atoms with Crippen molar-refractivity contribution in [3.05, 3.63) is 29.6 Å². The molecule has 0 heterocycles. The fourth-order valence-corrected chi connectivity index (χ4v) is 3.51. The van der Waals surface area contributed by atoms with E-state index in [1.54, 1.807) is 19.1 Å². The molecule has 2 heteroatoms. The van der Waals surface area contributed by atoms with Crippen molar-refractivity contribution in [2.75, 3.05) is 6.61 Å². The zero-order chi connectivity index (χ0) is 11.8. The van der Waals surface area contributed by atoms with Gasteiger partial charge in [-0.3, -0.25) is 0 Å². The van der Waals surface area contributed by atoms with Crippen molar-refractivity contribution < 1.29 is 9.13 Å². The van der Waals surface area contributed by atoms with Gasteiger partial charge in [0.05, 0.1) is 6.61 Å². The number of hydrogen-bond donors (Lipinski definition) is 0. The molecular weight excluding hydrogens is 215 g/mol. The molecule has 2 bridgehead atoms. The highest BCUT2D eigenvalue weighted by Crippen LogP contribution is 2.48. The van der Waals surface area contributed by atoms with Gasteiger partial charge in [0.1, 0.15) is 0 Å². The summed E-state index contributed by atoms with van der Waals surface area (Å²) in [6.45, 7) is 2.47. The third-order valence-electron chi connectivity index (χ3n) is 4.49. The number of ether oxygens (including phenoxy) is 1. The van der Waals surface area contributed by atoms with Gasteiger partial charge in [0, 0.05) is 0 Å². The molecule has 2 fully saturated rings. The Hall–Kier alpha value is -1.05. The Morgan fingerprint density at radius 2 is 2.18 bits per heavy atom. The molecule has 0 aliphatic heterocycles. The smallest absolute Gasteiger partial charge is 0.167 e. The van der Waals surface area contributed by atoms with E-state index in [-0.39, 0.29) is 5.82 Å². The molecule has 0 aromatic heterocycles. The van der Waals surface area contributed by atoms with Gasteiger partial charge in [0.15, 0.2) is 11.6 Å². The Labute approximate surface area is 102 Å². The van der Waals surface area contributed by atoms with Crippen LogP contribution in [0.15, 0.2) is 18.2 Å². The van der Waals surface area contributed by atoms with Gasteiger partial charge in [0.25, 0.3) is 0 Å². The van der Waals surface area contributed by atoms with E-state index in [9.17, 15) is 4.39 Å². The van der Waals surface area contributed by atoms with Gasteiger partial charge in [-0.15, -0.1) is 0 Å². The van der Waals surface area contributed by atoms with Crippen LogP contribution in [-0.4, -0.2) is 6.61 Å². The van der Waals surface area contributed by atoms with Crippen LogP contribution in [0.4, 0.5) is 4.39 Å². The molecule has 3 unspecified atom stereocenters. The SMILES string of the molecule is Cc1cccc(OCC2CC3CCC2C3)c1F. The van der Waals surface area contributed by atoms with Crippen molar-refractivity contribution in [1.82, 2.24) is 0 Å². The Bertz CT molecular complexity index is 415. The first kappa shape index (κ1) is 11.1. The molecule has 0 radical (unpaired) electrons. The van der Waals surface area contributed by atoms with Gasteiger partial charge in [0.2, 0.25) is 0 Å². The highest BCUT2D eigenvalue weighted by molar-refractivity contribution is 5.30. The van der Waals surface area contributed by atoms with Gasteiger partial charge in [-0.05, 0) is 55.6 Å². The number of benzene rings is 1. The molecule has 3 atom stereocenters. The second-order valence-corrected chi connectivity index (χ2v) is 5.63. The minimum absolute atomic E-state index is 0.198. The summed E-state index contributed by atoms with van der Waals surface area (Å²) in [5, 5.41) is 0. The minimum atomic E-state index is -0.198. The van der Waals surface area contributed by atoms with E-state index in [0.29, 0.717) is 23.8 Å². The number of hydrogen-bond acceptors (Lipinski definition) is 1. The monoisotopic (exact) mass is 234 g/mol. The predicted molar refractivity (Wildman–Crippen MR) is 65.6 cm³/mol. The van der Waals surface area contributed by atoms with Gasteiger partial charge in [-0.25, -0.2) is 4.39 Å². The lowest BCUT2D eigenvalue weighted by Gasteiger charge is -2.22. The first-order valence-corrected chi connectivity index (χ1v) is 6.62. The fraction of sp³-hybridized carbons (Fsp3) is 0.600. The summed E-state index contributed by atoms with van der Waals surface area (Å²) in [6, 6.07) is 5.36. The molecule has 0 saturated heterocycles. The van der Waals surface area contributed by atoms with E-state index < -0.39 is 0 Å². The highest BCUT2D eigenvalue weighted by atomic mass is 19.1. The van der Waals surface area contributed by atoms with Crippen LogP contribution < -0.4 is 4.74 Å². The molecule has 0 spiro atoms. The number of rotatable bonds is 3. The Morgan fingerprint density at radius 1 is 1.29 bits per heavy atom. The van der Waals surface area contributed by atoms with Gasteiger partial charge in [-0.2, -0.15) is 0 Å². The van der Waals surface area contributed by atoms with E-state index in [0.717, 1.165) is 11.8 Å². The van der Waals surface area contributed by atoms with Crippen LogP contribution >= 0.6 is 0 Å². The van der Waals surface area contributed by atoms with Crippen molar-refractivity contribution in [3.8, 4) is 5.75 Å². The van der Waals surface area contributed by atoms with Crippen molar-refractivity contribution in [1.29, 1.82) is 0 Å². The molecule has 2 aliphatic rings. The van der Waals surface area contributed by atoms with E-state index in [2.05, 4.69) is 0 Å². The molecule has 17 heavy (non-hydrogen) atoms. The van der Waals surface area contributed by atoms with Crippen LogP contribution in [0.25, 0.3) is 0 Å². The number of halogens is 1. The van der Waals surface area contributed by atoms with Gasteiger partial charge >= 0.3 is 0 Å². The topological polar surface area (TPSA) is 9.23 Å². The summed E-state index contributed by atoms with van der Waals surface area (Å²) in [4.78, 5) is 0. The summed E-state index contributed by atoms with van der Waals surface area (Å²) in [6.07, 6.45) is 5.43. The zero-order valence-corrected chi connectivity index (χ0v) is 10.3. The van der Waals surface area contributed by atoms with Crippen LogP contribution in [0, 0.1) is 30.5 Å². The van der Waals surface area contributed by atoms with Crippen LogP contribution in [-0.2, 0) is 0 Å². The Balaban J connectivity index is 1.62. The van der Waals surface area contributed by atoms with E-state index >= 15 is 0 Å². The van der Waals surface area contributed by atoms with Crippen molar-refractivity contribution in [3.63, 3.8) is 0 Å². The van der Waals surface area contributed by atoms with Crippen LogP contribution in [0.3, 0.4) is 0 Å². The second kappa shape index (κ2) is 4.32. The fourth-order valence-electron chi connectivity index (χ4n) is 3.51. The third-order valence-corrected chi connectivity index (χ3v) is 4.49. The van der Waals surface area contributed by atoms with Crippen LogP contribution in [0.1, 0.15) is 31.2 Å². The molecule has 0 N–H and O–H groups in total. The maximum atomic E-state index is 13.7. The van der Waals surface area contributed by atoms with Crippen molar-refractivity contribution in [2.24, 2.45) is 17.8 Å². The van der Waals surface area contributed by atoms with Gasteiger partial charge < -0.3 is 4.74 Å². The van der Waals surface area contributed by atoms with E-state index in [1.165, 1.54) is 25.7 Å². The summed E-state index contributed by atoms with van der Waals surface area (Å²) >= 11 is 0. The third kappa shape index (κ3) is 2.05. The lowest BCUT2D eigenvalue weighted by atomic mass is 9.89. The number of fused-ring (bicyclic) bond motifs is 2. The highest BCUT2D eigenvalue weighted by Gasteiger charge is 2.39. The van der Waals surface area contributed by atoms with E-state index in [4.69, 9.17) is 4.74 Å². The average Bonchev–Trinajstić information content (AvgIpc) is 2.93. The molecule has 92 valence electrons. The minimum Gasteiger partial charge on any atom is -0.490 e. The lowest BCUT2D eigenvalue weighted by Crippen LogP contribution is -2.18. The van der Waals surface area contributed by atoms with Crippen molar-refractivity contribution in [2.45, 2.75) is 32.6 Å². The number of aryl methyl sites for hydroxylation is 1. The molecule has 2 aliphatic carbocycles. The standard InChI is InChI=1S/C15H19FO/c1-10-3-2-4-14(15(10)16)17-9-13-8-11-5-6-12(13)7-11/h2-4,11-13H,5-9H2,1H3. The summed E-state index contributed by atoms with van der Waals surface area (Å²) in [5.74, 6) is 2.65. The molecular formula is C15H19FO. The molecule has 1 aromatic rings. The first-order chi connectivity index (χ1) is 8.24. The summed E-state index contributed by atoms with van der Waals surface area (Å²) < 4.78 is 19.4. The van der Waals surface area contributed by atoms with Crippen LogP contribution in [0.5, 0.6) is 5.75 Å². The summed E-state index contributed by atoms with van der Waals surface area (Å²) in [7, 11) is 0. The Morgan fingerprint density at radius 3 is 2.88 bits per heavy atom.